The van der Waals surface area contributed by atoms with E-state index >= 15 is 0 Å². The lowest BCUT2D eigenvalue weighted by atomic mass is 10.2. The molecule has 33 heavy (non-hydrogen) atoms. The smallest absolute Gasteiger partial charge is 0.410 e. The number of hydrogen-bond donors (Lipinski definition) is 1. The Bertz CT molecular complexity index is 946. The van der Waals surface area contributed by atoms with Crippen LogP contribution < -0.4 is 15.1 Å². The molecule has 0 atom stereocenters. The number of carbonyl (C=O) groups is 1. The third-order valence-electron chi connectivity index (χ3n) is 5.57. The van der Waals surface area contributed by atoms with E-state index in [4.69, 9.17) is 19.4 Å². The first kappa shape index (κ1) is 23.1. The van der Waals surface area contributed by atoms with Crippen LogP contribution in [0.3, 0.4) is 0 Å². The standard InChI is InChI=1S/C24H34N6O3/c1-18-5-7-19(8-6-18)25-20-17-21(28-13-15-32-16-14-28)27-22(26-20)29-9-11-30(12-10-29)23(31)33-24(2,3)4/h5-8,17H,9-16H2,1-4H3,(H,25,26,27). The third-order valence-corrected chi connectivity index (χ3v) is 5.57. The molecule has 178 valence electrons. The molecule has 2 saturated heterocycles. The van der Waals surface area contributed by atoms with Crippen molar-refractivity contribution in [3.8, 4) is 0 Å². The summed E-state index contributed by atoms with van der Waals surface area (Å²) in [6, 6.07) is 10.2. The minimum atomic E-state index is -0.500. The number of benzene rings is 1. The summed E-state index contributed by atoms with van der Waals surface area (Å²) in [5.41, 5.74) is 1.69. The number of hydrogen-bond acceptors (Lipinski definition) is 8. The molecule has 3 heterocycles. The van der Waals surface area contributed by atoms with E-state index in [-0.39, 0.29) is 6.09 Å². The van der Waals surface area contributed by atoms with Gasteiger partial charge < -0.3 is 29.5 Å². The first-order valence-corrected chi connectivity index (χ1v) is 11.6. The van der Waals surface area contributed by atoms with Crippen molar-refractivity contribution in [2.45, 2.75) is 33.3 Å². The number of ether oxygens (including phenoxy) is 2. The van der Waals surface area contributed by atoms with Crippen LogP contribution in [0.2, 0.25) is 0 Å². The van der Waals surface area contributed by atoms with Gasteiger partial charge >= 0.3 is 6.09 Å². The van der Waals surface area contributed by atoms with Gasteiger partial charge in [-0.3, -0.25) is 0 Å². The van der Waals surface area contributed by atoms with Crippen molar-refractivity contribution in [2.75, 3.05) is 67.6 Å². The van der Waals surface area contributed by atoms with Gasteiger partial charge in [-0.15, -0.1) is 0 Å². The maximum atomic E-state index is 12.4. The van der Waals surface area contributed by atoms with Crippen molar-refractivity contribution >= 4 is 29.4 Å². The van der Waals surface area contributed by atoms with Gasteiger partial charge in [0.25, 0.3) is 0 Å². The zero-order valence-electron chi connectivity index (χ0n) is 20.0. The maximum Gasteiger partial charge on any atom is 0.410 e. The van der Waals surface area contributed by atoms with Crippen LogP contribution in [0.25, 0.3) is 0 Å². The second kappa shape index (κ2) is 9.82. The lowest BCUT2D eigenvalue weighted by Gasteiger charge is -2.36. The molecule has 2 fully saturated rings. The highest BCUT2D eigenvalue weighted by atomic mass is 16.6. The summed E-state index contributed by atoms with van der Waals surface area (Å²) in [6.45, 7) is 13.1. The number of carbonyl (C=O) groups excluding carboxylic acids is 1. The number of aryl methyl sites for hydroxylation is 1. The average Bonchev–Trinajstić information content (AvgIpc) is 2.80. The maximum absolute atomic E-state index is 12.4. The van der Waals surface area contributed by atoms with E-state index in [2.05, 4.69) is 34.2 Å². The second-order valence-corrected chi connectivity index (χ2v) is 9.46. The van der Waals surface area contributed by atoms with Gasteiger partial charge in [0.05, 0.1) is 13.2 Å². The van der Waals surface area contributed by atoms with Crippen LogP contribution in [0.5, 0.6) is 0 Å². The summed E-state index contributed by atoms with van der Waals surface area (Å²) in [5.74, 6) is 2.30. The summed E-state index contributed by atoms with van der Waals surface area (Å²) >= 11 is 0. The normalized spacial score (nSPS) is 17.2. The van der Waals surface area contributed by atoms with Gasteiger partial charge in [-0.2, -0.15) is 9.97 Å². The van der Waals surface area contributed by atoms with Crippen LogP contribution in [-0.4, -0.2) is 79.0 Å². The molecule has 1 amide bonds. The molecule has 0 spiro atoms. The van der Waals surface area contributed by atoms with Gasteiger partial charge in [-0.25, -0.2) is 4.79 Å². The first-order valence-electron chi connectivity index (χ1n) is 11.6. The fraction of sp³-hybridized carbons (Fsp3) is 0.542. The van der Waals surface area contributed by atoms with Crippen LogP contribution in [0.15, 0.2) is 30.3 Å². The molecular weight excluding hydrogens is 420 g/mol. The Kier molecular flexibility index (Phi) is 6.88. The SMILES string of the molecule is Cc1ccc(Nc2cc(N3CCOCC3)nc(N3CCN(C(=O)OC(C)(C)C)CC3)n2)cc1. The van der Waals surface area contributed by atoms with Gasteiger partial charge in [-0.1, -0.05) is 17.7 Å². The molecule has 2 aliphatic rings. The summed E-state index contributed by atoms with van der Waals surface area (Å²) < 4.78 is 11.0. The Morgan fingerprint density at radius 3 is 2.27 bits per heavy atom. The van der Waals surface area contributed by atoms with Crippen LogP contribution in [0, 0.1) is 6.92 Å². The van der Waals surface area contributed by atoms with E-state index < -0.39 is 5.60 Å². The van der Waals surface area contributed by atoms with Crippen LogP contribution >= 0.6 is 0 Å². The molecule has 1 aromatic carbocycles. The Hall–Kier alpha value is -3.07. The molecule has 0 bridgehead atoms. The number of amides is 1. The van der Waals surface area contributed by atoms with Gasteiger partial charge in [0, 0.05) is 51.0 Å². The van der Waals surface area contributed by atoms with Gasteiger partial charge in [-0.05, 0) is 39.8 Å². The van der Waals surface area contributed by atoms with Crippen molar-refractivity contribution in [1.29, 1.82) is 0 Å². The molecular formula is C24H34N6O3. The van der Waals surface area contributed by atoms with Crippen LogP contribution in [-0.2, 0) is 9.47 Å². The Labute approximate surface area is 195 Å². The van der Waals surface area contributed by atoms with Gasteiger partial charge in [0.2, 0.25) is 5.95 Å². The topological polar surface area (TPSA) is 83.1 Å². The lowest BCUT2D eigenvalue weighted by molar-refractivity contribution is 0.0240. The summed E-state index contributed by atoms with van der Waals surface area (Å²) in [7, 11) is 0. The van der Waals surface area contributed by atoms with E-state index in [0.717, 1.165) is 30.4 Å². The molecule has 0 radical (unpaired) electrons. The minimum absolute atomic E-state index is 0.271. The molecule has 2 aliphatic heterocycles. The highest BCUT2D eigenvalue weighted by Crippen LogP contribution is 2.25. The summed E-state index contributed by atoms with van der Waals surface area (Å²) in [4.78, 5) is 28.2. The summed E-state index contributed by atoms with van der Waals surface area (Å²) in [6.07, 6.45) is -0.271. The monoisotopic (exact) mass is 454 g/mol. The lowest BCUT2D eigenvalue weighted by Crippen LogP contribution is -2.50. The van der Waals surface area contributed by atoms with Gasteiger partial charge in [0.15, 0.2) is 0 Å². The van der Waals surface area contributed by atoms with Crippen molar-refractivity contribution in [3.05, 3.63) is 35.9 Å². The molecule has 0 unspecified atom stereocenters. The molecule has 0 aliphatic carbocycles. The van der Waals surface area contributed by atoms with Crippen molar-refractivity contribution < 1.29 is 14.3 Å². The second-order valence-electron chi connectivity index (χ2n) is 9.46. The number of anilines is 4. The fourth-order valence-corrected chi connectivity index (χ4v) is 3.78. The van der Waals surface area contributed by atoms with Crippen LogP contribution in [0.4, 0.5) is 28.1 Å². The van der Waals surface area contributed by atoms with E-state index in [1.807, 2.05) is 39.0 Å². The molecule has 1 N–H and O–H groups in total. The van der Waals surface area contributed by atoms with E-state index in [9.17, 15) is 4.79 Å². The number of nitrogens with one attached hydrogen (secondary N) is 1. The predicted octanol–water partition coefficient (Wildman–Crippen LogP) is 3.42. The highest BCUT2D eigenvalue weighted by molar-refractivity contribution is 5.68. The van der Waals surface area contributed by atoms with Gasteiger partial charge in [0.1, 0.15) is 17.2 Å². The van der Waals surface area contributed by atoms with E-state index in [1.165, 1.54) is 5.56 Å². The minimum Gasteiger partial charge on any atom is -0.444 e. The average molecular weight is 455 g/mol. The van der Waals surface area contributed by atoms with Crippen molar-refractivity contribution in [3.63, 3.8) is 0 Å². The number of morpholine rings is 1. The largest absolute Gasteiger partial charge is 0.444 e. The molecule has 9 heteroatoms. The van der Waals surface area contributed by atoms with E-state index in [1.54, 1.807) is 4.90 Å². The molecule has 0 saturated carbocycles. The van der Waals surface area contributed by atoms with Crippen molar-refractivity contribution in [1.82, 2.24) is 14.9 Å². The first-order chi connectivity index (χ1) is 15.8. The fourth-order valence-electron chi connectivity index (χ4n) is 3.78. The Balaban J connectivity index is 1.51. The number of piperazine rings is 1. The molecule has 2 aromatic rings. The molecule has 9 nitrogen and oxygen atoms in total. The predicted molar refractivity (Wildman–Crippen MR) is 130 cm³/mol. The summed E-state index contributed by atoms with van der Waals surface area (Å²) in [5, 5.41) is 3.42. The quantitative estimate of drug-likeness (QED) is 0.753. The number of aromatic nitrogens is 2. The highest BCUT2D eigenvalue weighted by Gasteiger charge is 2.27. The Morgan fingerprint density at radius 2 is 1.64 bits per heavy atom. The molecule has 4 rings (SSSR count). The van der Waals surface area contributed by atoms with Crippen molar-refractivity contribution in [2.24, 2.45) is 0 Å². The zero-order valence-corrected chi connectivity index (χ0v) is 20.0. The number of nitrogens with zero attached hydrogens (tertiary/aromatic N) is 5. The van der Waals surface area contributed by atoms with Crippen LogP contribution in [0.1, 0.15) is 26.3 Å². The van der Waals surface area contributed by atoms with E-state index in [0.29, 0.717) is 45.3 Å². The number of rotatable bonds is 4. The third kappa shape index (κ3) is 6.25. The Morgan fingerprint density at radius 1 is 0.970 bits per heavy atom. The zero-order chi connectivity index (χ0) is 23.4. The molecule has 1 aromatic heterocycles.